The molecule has 1 atom stereocenters. The molecule has 0 fully saturated rings. The Hall–Kier alpha value is -3.09. The van der Waals surface area contributed by atoms with Crippen LogP contribution in [0, 0.1) is 0 Å². The summed E-state index contributed by atoms with van der Waals surface area (Å²) in [5, 5.41) is 3.04. The lowest BCUT2D eigenvalue weighted by molar-refractivity contribution is -0.118. The highest BCUT2D eigenvalue weighted by Crippen LogP contribution is 2.33. The van der Waals surface area contributed by atoms with Gasteiger partial charge in [-0.05, 0) is 41.7 Å². The number of nitrogens with zero attached hydrogens (tertiary/aromatic N) is 1. The Balaban J connectivity index is 1.50. The molecule has 0 aromatic heterocycles. The first kappa shape index (κ1) is 22.1. The second-order valence-corrected chi connectivity index (χ2v) is 8.94. The van der Waals surface area contributed by atoms with E-state index in [1.165, 1.54) is 28.5 Å². The molecule has 1 aliphatic heterocycles. The SMILES string of the molecule is NC(=O)CSc1ccccc1NC(=O)CN1CCc2ccccc2C1Cc1ccccc1. The van der Waals surface area contributed by atoms with Gasteiger partial charge in [-0.2, -0.15) is 0 Å². The summed E-state index contributed by atoms with van der Waals surface area (Å²) in [4.78, 5) is 27.3. The fourth-order valence-corrected chi connectivity index (χ4v) is 4.94. The molecule has 5 nitrogen and oxygen atoms in total. The number of thioether (sulfide) groups is 1. The van der Waals surface area contributed by atoms with Crippen molar-refractivity contribution in [2.24, 2.45) is 5.73 Å². The molecule has 2 amide bonds. The first-order valence-corrected chi connectivity index (χ1v) is 11.7. The molecule has 4 rings (SSSR count). The van der Waals surface area contributed by atoms with Crippen LogP contribution in [0.3, 0.4) is 0 Å². The van der Waals surface area contributed by atoms with Gasteiger partial charge in [0.1, 0.15) is 0 Å². The first-order valence-electron chi connectivity index (χ1n) is 10.8. The van der Waals surface area contributed by atoms with Crippen molar-refractivity contribution in [3.05, 3.63) is 95.6 Å². The number of hydrogen-bond acceptors (Lipinski definition) is 4. The van der Waals surface area contributed by atoms with Gasteiger partial charge >= 0.3 is 0 Å². The van der Waals surface area contributed by atoms with Gasteiger partial charge in [0.25, 0.3) is 0 Å². The van der Waals surface area contributed by atoms with E-state index in [0.29, 0.717) is 12.2 Å². The molecule has 0 radical (unpaired) electrons. The Morgan fingerprint density at radius 2 is 1.69 bits per heavy atom. The Bertz CT molecular complexity index is 1090. The van der Waals surface area contributed by atoms with Crippen LogP contribution in [0.25, 0.3) is 0 Å². The van der Waals surface area contributed by atoms with E-state index < -0.39 is 0 Å². The van der Waals surface area contributed by atoms with Gasteiger partial charge in [0.2, 0.25) is 11.8 Å². The zero-order valence-corrected chi connectivity index (χ0v) is 18.7. The molecule has 0 bridgehead atoms. The maximum absolute atomic E-state index is 13.0. The van der Waals surface area contributed by atoms with Crippen LogP contribution < -0.4 is 11.1 Å². The van der Waals surface area contributed by atoms with E-state index >= 15 is 0 Å². The summed E-state index contributed by atoms with van der Waals surface area (Å²) in [6, 6.07) is 26.6. The summed E-state index contributed by atoms with van der Waals surface area (Å²) in [6.07, 6.45) is 1.79. The average molecular weight is 446 g/mol. The number of rotatable bonds is 8. The van der Waals surface area contributed by atoms with Crippen LogP contribution in [0.5, 0.6) is 0 Å². The van der Waals surface area contributed by atoms with Gasteiger partial charge in [-0.1, -0.05) is 66.7 Å². The molecule has 6 heteroatoms. The minimum atomic E-state index is -0.383. The second-order valence-electron chi connectivity index (χ2n) is 7.92. The van der Waals surface area contributed by atoms with Crippen molar-refractivity contribution in [3.8, 4) is 0 Å². The summed E-state index contributed by atoms with van der Waals surface area (Å²) in [5.74, 6) is -0.268. The van der Waals surface area contributed by atoms with Crippen LogP contribution in [0.15, 0.2) is 83.8 Å². The number of para-hydroxylation sites is 1. The van der Waals surface area contributed by atoms with Gasteiger partial charge in [-0.25, -0.2) is 0 Å². The summed E-state index contributed by atoms with van der Waals surface area (Å²) in [7, 11) is 0. The van der Waals surface area contributed by atoms with Gasteiger partial charge < -0.3 is 11.1 Å². The molecule has 0 saturated heterocycles. The molecule has 0 aliphatic carbocycles. The van der Waals surface area contributed by atoms with Crippen LogP contribution in [-0.2, 0) is 22.4 Å². The summed E-state index contributed by atoms with van der Waals surface area (Å²) >= 11 is 1.33. The quantitative estimate of drug-likeness (QED) is 0.513. The maximum Gasteiger partial charge on any atom is 0.238 e. The third kappa shape index (κ3) is 5.58. The molecule has 1 aliphatic rings. The number of amides is 2. The minimum absolute atomic E-state index is 0.0606. The fourth-order valence-electron chi connectivity index (χ4n) is 4.19. The number of nitrogens with one attached hydrogen (secondary N) is 1. The molecular weight excluding hydrogens is 418 g/mol. The van der Waals surface area contributed by atoms with Crippen molar-refractivity contribution in [3.63, 3.8) is 0 Å². The first-order chi connectivity index (χ1) is 15.6. The molecule has 0 spiro atoms. The van der Waals surface area contributed by atoms with Gasteiger partial charge in [0.15, 0.2) is 0 Å². The van der Waals surface area contributed by atoms with E-state index in [9.17, 15) is 9.59 Å². The standard InChI is InChI=1S/C26H27N3O2S/c27-25(30)18-32-24-13-7-6-12-22(24)28-26(31)17-29-15-14-20-10-4-5-11-21(20)23(29)16-19-8-2-1-3-9-19/h1-13,23H,14-18H2,(H2,27,30)(H,28,31). The number of hydrogen-bond donors (Lipinski definition) is 2. The van der Waals surface area contributed by atoms with Crippen molar-refractivity contribution in [2.75, 3.05) is 24.2 Å². The predicted molar refractivity (Wildman–Crippen MR) is 130 cm³/mol. The highest BCUT2D eigenvalue weighted by Gasteiger charge is 2.28. The fraction of sp³-hybridized carbons (Fsp3) is 0.231. The van der Waals surface area contributed by atoms with E-state index in [2.05, 4.69) is 58.7 Å². The monoisotopic (exact) mass is 445 g/mol. The van der Waals surface area contributed by atoms with E-state index in [-0.39, 0.29) is 23.6 Å². The topological polar surface area (TPSA) is 75.4 Å². The number of carbonyl (C=O) groups is 2. The minimum Gasteiger partial charge on any atom is -0.369 e. The molecule has 3 aromatic carbocycles. The Kier molecular flexibility index (Phi) is 7.24. The third-order valence-corrected chi connectivity index (χ3v) is 6.77. The number of primary amides is 1. The van der Waals surface area contributed by atoms with E-state index in [4.69, 9.17) is 5.73 Å². The molecular formula is C26H27N3O2S. The molecule has 164 valence electrons. The lowest BCUT2D eigenvalue weighted by atomic mass is 9.88. The van der Waals surface area contributed by atoms with Crippen molar-refractivity contribution < 1.29 is 9.59 Å². The van der Waals surface area contributed by atoms with Crippen LogP contribution in [-0.4, -0.2) is 35.6 Å². The van der Waals surface area contributed by atoms with Crippen LogP contribution in [0.4, 0.5) is 5.69 Å². The molecule has 3 aromatic rings. The largest absolute Gasteiger partial charge is 0.369 e. The lowest BCUT2D eigenvalue weighted by Gasteiger charge is -2.37. The number of fused-ring (bicyclic) bond motifs is 1. The lowest BCUT2D eigenvalue weighted by Crippen LogP contribution is -2.41. The number of benzene rings is 3. The van der Waals surface area contributed by atoms with Gasteiger partial charge in [0.05, 0.1) is 18.0 Å². The maximum atomic E-state index is 13.0. The predicted octanol–water partition coefficient (Wildman–Crippen LogP) is 4.04. The number of carbonyl (C=O) groups excluding carboxylic acids is 2. The zero-order chi connectivity index (χ0) is 22.3. The smallest absolute Gasteiger partial charge is 0.238 e. The average Bonchev–Trinajstić information content (AvgIpc) is 2.80. The van der Waals surface area contributed by atoms with Crippen LogP contribution >= 0.6 is 11.8 Å². The summed E-state index contributed by atoms with van der Waals surface area (Å²) in [5.41, 5.74) is 9.90. The summed E-state index contributed by atoms with van der Waals surface area (Å²) in [6.45, 7) is 1.14. The molecule has 1 unspecified atom stereocenters. The van der Waals surface area contributed by atoms with E-state index in [1.807, 2.05) is 30.3 Å². The molecule has 3 N–H and O–H groups in total. The van der Waals surface area contributed by atoms with Crippen molar-refractivity contribution in [1.29, 1.82) is 0 Å². The Labute approximate surface area is 193 Å². The second kappa shape index (κ2) is 10.5. The zero-order valence-electron chi connectivity index (χ0n) is 17.9. The van der Waals surface area contributed by atoms with Crippen LogP contribution in [0.1, 0.15) is 22.7 Å². The van der Waals surface area contributed by atoms with Crippen molar-refractivity contribution in [2.45, 2.75) is 23.8 Å². The van der Waals surface area contributed by atoms with Crippen LogP contribution in [0.2, 0.25) is 0 Å². The van der Waals surface area contributed by atoms with E-state index in [0.717, 1.165) is 24.3 Å². The highest BCUT2D eigenvalue weighted by molar-refractivity contribution is 8.00. The van der Waals surface area contributed by atoms with Crippen molar-refractivity contribution in [1.82, 2.24) is 4.90 Å². The molecule has 0 saturated carbocycles. The summed E-state index contributed by atoms with van der Waals surface area (Å²) < 4.78 is 0. The van der Waals surface area contributed by atoms with Gasteiger partial charge in [-0.15, -0.1) is 11.8 Å². The van der Waals surface area contributed by atoms with E-state index in [1.54, 1.807) is 0 Å². The highest BCUT2D eigenvalue weighted by atomic mass is 32.2. The number of anilines is 1. The Morgan fingerprint density at radius 1 is 0.969 bits per heavy atom. The number of nitrogens with two attached hydrogens (primary N) is 1. The van der Waals surface area contributed by atoms with Gasteiger partial charge in [-0.3, -0.25) is 14.5 Å². The van der Waals surface area contributed by atoms with Gasteiger partial charge in [0, 0.05) is 17.5 Å². The third-order valence-electron chi connectivity index (χ3n) is 5.67. The molecule has 32 heavy (non-hydrogen) atoms. The normalized spacial score (nSPS) is 15.7. The Morgan fingerprint density at radius 3 is 2.50 bits per heavy atom. The molecule has 1 heterocycles. The van der Waals surface area contributed by atoms with Crippen molar-refractivity contribution >= 4 is 29.3 Å².